The van der Waals surface area contributed by atoms with E-state index in [2.05, 4.69) is 10.2 Å². The molecule has 2 aliphatic rings. The number of nitrogens with zero attached hydrogens (tertiary/aromatic N) is 5. The van der Waals surface area contributed by atoms with E-state index in [0.717, 1.165) is 22.5 Å². The van der Waals surface area contributed by atoms with Crippen LogP contribution in [0.4, 0.5) is 11.6 Å². The summed E-state index contributed by atoms with van der Waals surface area (Å²) < 4.78 is 17.4. The number of aromatic nitrogens is 3. The van der Waals surface area contributed by atoms with Gasteiger partial charge in [0.15, 0.2) is 6.04 Å². The molecule has 0 saturated carbocycles. The summed E-state index contributed by atoms with van der Waals surface area (Å²) in [6, 6.07) is 11.8. The van der Waals surface area contributed by atoms with Crippen LogP contribution in [-0.2, 0) is 19.1 Å². The van der Waals surface area contributed by atoms with E-state index < -0.39 is 29.9 Å². The molecule has 0 radical (unpaired) electrons. The van der Waals surface area contributed by atoms with Gasteiger partial charge in [-0.25, -0.2) is 9.80 Å². The molecule has 0 N–H and O–H groups in total. The van der Waals surface area contributed by atoms with Gasteiger partial charge in [-0.2, -0.15) is 0 Å². The van der Waals surface area contributed by atoms with Crippen molar-refractivity contribution in [1.82, 2.24) is 14.8 Å². The summed E-state index contributed by atoms with van der Waals surface area (Å²) in [4.78, 5) is 26.3. The van der Waals surface area contributed by atoms with Gasteiger partial charge in [0, 0.05) is 0 Å². The highest BCUT2D eigenvalue weighted by atomic mass is 16.5. The zero-order chi connectivity index (χ0) is 23.3. The number of anilines is 2. The molecular formula is C23H23N5O5. The zero-order valence-electron chi connectivity index (χ0n) is 18.6. The van der Waals surface area contributed by atoms with Crippen molar-refractivity contribution in [3.8, 4) is 11.4 Å². The minimum absolute atomic E-state index is 0.409. The first-order valence-corrected chi connectivity index (χ1v) is 10.4. The van der Waals surface area contributed by atoms with E-state index in [1.807, 2.05) is 54.4 Å². The molecule has 0 bridgehead atoms. The van der Waals surface area contributed by atoms with Crippen molar-refractivity contribution in [3.63, 3.8) is 0 Å². The standard InChI is InChI=1S/C23H23N5O5/c1-13-5-10-16-17(11-13)27-19(14-6-8-15(31-2)9-7-14)18(21(29)32-3)20(22(30)33-4)28(27)23-25-24-12-26(16)23/h5-12,18-20H,1-4H3/t18-,19-,20+/m1/s1. The number of hydrazine groups is 1. The van der Waals surface area contributed by atoms with Crippen LogP contribution < -0.4 is 14.8 Å². The molecule has 0 unspecified atom stereocenters. The van der Waals surface area contributed by atoms with Crippen LogP contribution in [0, 0.1) is 12.8 Å². The van der Waals surface area contributed by atoms with Gasteiger partial charge in [-0.05, 0) is 42.3 Å². The van der Waals surface area contributed by atoms with Crippen LogP contribution in [0.25, 0.3) is 5.69 Å². The molecule has 2 aromatic carbocycles. The molecule has 1 aromatic heterocycles. The minimum Gasteiger partial charge on any atom is -0.497 e. The molecule has 0 spiro atoms. The van der Waals surface area contributed by atoms with Gasteiger partial charge in [-0.1, -0.05) is 18.2 Å². The summed E-state index contributed by atoms with van der Waals surface area (Å²) >= 11 is 0. The fourth-order valence-corrected chi connectivity index (χ4v) is 4.72. The smallest absolute Gasteiger partial charge is 0.331 e. The van der Waals surface area contributed by atoms with Crippen molar-refractivity contribution >= 4 is 23.6 Å². The third kappa shape index (κ3) is 3.01. The summed E-state index contributed by atoms with van der Waals surface area (Å²) in [6.45, 7) is 1.99. The molecule has 1 saturated heterocycles. The van der Waals surface area contributed by atoms with Crippen LogP contribution in [0.5, 0.6) is 5.75 Å². The molecule has 0 amide bonds. The molecule has 10 heteroatoms. The van der Waals surface area contributed by atoms with Crippen LogP contribution in [-0.4, -0.2) is 54.1 Å². The largest absolute Gasteiger partial charge is 0.497 e. The quantitative estimate of drug-likeness (QED) is 0.555. The summed E-state index contributed by atoms with van der Waals surface area (Å²) in [5.41, 5.74) is 3.48. The second-order valence-electron chi connectivity index (χ2n) is 7.92. The number of esters is 2. The van der Waals surface area contributed by atoms with Crippen molar-refractivity contribution in [2.24, 2.45) is 5.92 Å². The molecule has 33 heavy (non-hydrogen) atoms. The zero-order valence-corrected chi connectivity index (χ0v) is 18.6. The minimum atomic E-state index is -1.01. The van der Waals surface area contributed by atoms with Crippen LogP contribution in [0.2, 0.25) is 0 Å². The Bertz CT molecular complexity index is 1220. The predicted octanol–water partition coefficient (Wildman–Crippen LogP) is 2.21. The molecule has 10 nitrogen and oxygen atoms in total. The maximum Gasteiger partial charge on any atom is 0.331 e. The van der Waals surface area contributed by atoms with Crippen LogP contribution in [0.1, 0.15) is 17.2 Å². The number of carbonyl (C=O) groups is 2. The van der Waals surface area contributed by atoms with Crippen LogP contribution >= 0.6 is 0 Å². The number of methoxy groups -OCH3 is 3. The van der Waals surface area contributed by atoms with Crippen LogP contribution in [0.15, 0.2) is 48.8 Å². The molecule has 5 rings (SSSR count). The Hall–Kier alpha value is -4.08. The first-order valence-electron chi connectivity index (χ1n) is 10.4. The Labute approximate surface area is 190 Å². The molecule has 1 fully saturated rings. The molecule has 3 heterocycles. The van der Waals surface area contributed by atoms with E-state index in [4.69, 9.17) is 14.2 Å². The number of aryl methyl sites for hydroxylation is 1. The van der Waals surface area contributed by atoms with E-state index >= 15 is 0 Å². The third-order valence-corrected chi connectivity index (χ3v) is 6.18. The fraction of sp³-hybridized carbons (Fsp3) is 0.304. The normalized spacial score (nSPS) is 20.5. The second-order valence-corrected chi connectivity index (χ2v) is 7.92. The van der Waals surface area contributed by atoms with Crippen molar-refractivity contribution < 1.29 is 23.8 Å². The van der Waals surface area contributed by atoms with Gasteiger partial charge >= 0.3 is 11.9 Å². The lowest BCUT2D eigenvalue weighted by atomic mass is 9.88. The highest BCUT2D eigenvalue weighted by molar-refractivity contribution is 5.93. The molecule has 0 aliphatic carbocycles. The molecular weight excluding hydrogens is 426 g/mol. The van der Waals surface area contributed by atoms with E-state index in [1.165, 1.54) is 14.2 Å². The first-order chi connectivity index (χ1) is 16.0. The average molecular weight is 449 g/mol. The average Bonchev–Trinajstić information content (AvgIpc) is 3.46. The van der Waals surface area contributed by atoms with Gasteiger partial charge in [0.2, 0.25) is 0 Å². The Morgan fingerprint density at radius 1 is 0.909 bits per heavy atom. The van der Waals surface area contributed by atoms with Crippen molar-refractivity contribution in [2.75, 3.05) is 31.3 Å². The Kier molecular flexibility index (Phi) is 4.92. The van der Waals surface area contributed by atoms with Gasteiger partial charge in [-0.3, -0.25) is 14.4 Å². The number of benzene rings is 2. The summed E-state index contributed by atoms with van der Waals surface area (Å²) in [5.74, 6) is -0.903. The third-order valence-electron chi connectivity index (χ3n) is 6.18. The first kappa shape index (κ1) is 20.8. The highest BCUT2D eigenvalue weighted by Gasteiger charge is 2.59. The van der Waals surface area contributed by atoms with Gasteiger partial charge in [-0.15, -0.1) is 10.2 Å². The summed E-state index contributed by atoms with van der Waals surface area (Å²) in [7, 11) is 4.21. The molecule has 3 aromatic rings. The van der Waals surface area contributed by atoms with Crippen molar-refractivity contribution in [1.29, 1.82) is 0 Å². The van der Waals surface area contributed by atoms with E-state index in [9.17, 15) is 9.59 Å². The lowest BCUT2D eigenvalue weighted by Crippen LogP contribution is -2.50. The molecule has 170 valence electrons. The lowest BCUT2D eigenvalue weighted by molar-refractivity contribution is -0.153. The Morgan fingerprint density at radius 2 is 1.64 bits per heavy atom. The fourth-order valence-electron chi connectivity index (χ4n) is 4.72. The molecule has 3 atom stereocenters. The lowest BCUT2D eigenvalue weighted by Gasteiger charge is -2.40. The SMILES string of the molecule is COC(=O)[C@H]1[C@@H](C(=O)OC)N2c3nncn3-c3ccc(C)cc3N2[C@@H]1c1ccc(OC)cc1. The monoisotopic (exact) mass is 449 g/mol. The van der Waals surface area contributed by atoms with E-state index in [-0.39, 0.29) is 0 Å². The predicted molar refractivity (Wildman–Crippen MR) is 118 cm³/mol. The molecule has 2 aliphatic heterocycles. The number of hydrogen-bond donors (Lipinski definition) is 0. The Morgan fingerprint density at radius 3 is 2.30 bits per heavy atom. The summed E-state index contributed by atoms with van der Waals surface area (Å²) in [5, 5.41) is 12.0. The van der Waals surface area contributed by atoms with E-state index in [1.54, 1.807) is 23.0 Å². The van der Waals surface area contributed by atoms with Crippen LogP contribution in [0.3, 0.4) is 0 Å². The summed E-state index contributed by atoms with van der Waals surface area (Å²) in [6.07, 6.45) is 1.59. The number of carbonyl (C=O) groups excluding carboxylic acids is 2. The topological polar surface area (TPSA) is 99.0 Å². The van der Waals surface area contributed by atoms with Gasteiger partial charge in [0.05, 0.1) is 38.7 Å². The van der Waals surface area contributed by atoms with Gasteiger partial charge in [0.25, 0.3) is 5.95 Å². The van der Waals surface area contributed by atoms with Crippen molar-refractivity contribution in [3.05, 3.63) is 59.9 Å². The maximum atomic E-state index is 13.2. The van der Waals surface area contributed by atoms with Gasteiger partial charge < -0.3 is 14.2 Å². The van der Waals surface area contributed by atoms with Crippen molar-refractivity contribution in [2.45, 2.75) is 19.0 Å². The number of ether oxygens (including phenoxy) is 3. The Balaban J connectivity index is 1.79. The van der Waals surface area contributed by atoms with E-state index in [0.29, 0.717) is 11.7 Å². The number of rotatable bonds is 4. The number of hydrogen-bond acceptors (Lipinski definition) is 9. The second kappa shape index (κ2) is 7.80. The highest BCUT2D eigenvalue weighted by Crippen LogP contribution is 2.51. The maximum absolute atomic E-state index is 13.2. The van der Waals surface area contributed by atoms with Gasteiger partial charge in [0.1, 0.15) is 18.0 Å². The number of fused-ring (bicyclic) bond motifs is 6.